The molecule has 0 aliphatic carbocycles. The van der Waals surface area contributed by atoms with Crippen molar-refractivity contribution >= 4 is 5.97 Å². The van der Waals surface area contributed by atoms with Gasteiger partial charge < -0.3 is 4.74 Å². The third-order valence-electron chi connectivity index (χ3n) is 4.76. The highest BCUT2D eigenvalue weighted by Crippen LogP contribution is 2.61. The Kier molecular flexibility index (Phi) is 6.25. The highest BCUT2D eigenvalue weighted by atomic mass is 19.4. The summed E-state index contributed by atoms with van der Waals surface area (Å²) in [4.78, 5) is 11.7. The van der Waals surface area contributed by atoms with E-state index in [1.54, 1.807) is 0 Å². The SMILES string of the molecule is O=C1O[C@@H](c2ccccc2)C[C@H]1CC(F)(F)C(F)(F)C(F)(F)C(F)(F)C(F)(F)C(F)(F)F. The van der Waals surface area contributed by atoms with Gasteiger partial charge >= 0.3 is 41.8 Å². The first-order valence-corrected chi connectivity index (χ1v) is 8.42. The normalized spacial score (nSPS) is 21.6. The van der Waals surface area contributed by atoms with Gasteiger partial charge in [0, 0.05) is 12.8 Å². The summed E-state index contributed by atoms with van der Waals surface area (Å²) in [6.45, 7) is 0. The summed E-state index contributed by atoms with van der Waals surface area (Å²) in [5.41, 5.74) is 0.181. The molecule has 15 heteroatoms. The lowest BCUT2D eigenvalue weighted by atomic mass is 9.87. The zero-order valence-electron chi connectivity index (χ0n) is 15.2. The molecule has 1 heterocycles. The zero-order valence-corrected chi connectivity index (χ0v) is 15.2. The van der Waals surface area contributed by atoms with Gasteiger partial charge in [-0.15, -0.1) is 0 Å². The molecule has 0 aromatic heterocycles. The van der Waals surface area contributed by atoms with Crippen molar-refractivity contribution in [3.8, 4) is 0 Å². The minimum absolute atomic E-state index is 0.181. The van der Waals surface area contributed by atoms with E-state index in [4.69, 9.17) is 0 Å². The first kappa shape index (κ1) is 26.0. The van der Waals surface area contributed by atoms with Gasteiger partial charge in [0.25, 0.3) is 0 Å². The topological polar surface area (TPSA) is 26.3 Å². The number of hydrogen-bond acceptors (Lipinski definition) is 2. The summed E-state index contributed by atoms with van der Waals surface area (Å²) in [7, 11) is 0. The van der Waals surface area contributed by atoms with E-state index in [9.17, 15) is 61.9 Å². The number of alkyl halides is 13. The smallest absolute Gasteiger partial charge is 0.457 e. The number of ether oxygens (including phenoxy) is 1. The molecular formula is C17H11F13O2. The number of carbonyl (C=O) groups excluding carboxylic acids is 1. The number of hydrogen-bond donors (Lipinski definition) is 0. The third-order valence-corrected chi connectivity index (χ3v) is 4.76. The highest BCUT2D eigenvalue weighted by Gasteiger charge is 2.90. The van der Waals surface area contributed by atoms with Crippen molar-refractivity contribution in [3.05, 3.63) is 35.9 Å². The highest BCUT2D eigenvalue weighted by molar-refractivity contribution is 5.75. The van der Waals surface area contributed by atoms with Crippen molar-refractivity contribution in [2.24, 2.45) is 5.92 Å². The average Bonchev–Trinajstić information content (AvgIpc) is 3.00. The van der Waals surface area contributed by atoms with E-state index in [0.717, 1.165) is 0 Å². The molecule has 1 aliphatic heterocycles. The van der Waals surface area contributed by atoms with Crippen LogP contribution < -0.4 is 0 Å². The molecule has 0 saturated carbocycles. The van der Waals surface area contributed by atoms with Crippen LogP contribution in [0.3, 0.4) is 0 Å². The van der Waals surface area contributed by atoms with Crippen LogP contribution in [0.25, 0.3) is 0 Å². The maximum Gasteiger partial charge on any atom is 0.460 e. The Bertz CT molecular complexity index is 833. The van der Waals surface area contributed by atoms with Gasteiger partial charge in [0.1, 0.15) is 6.10 Å². The maximum absolute atomic E-state index is 14.0. The molecule has 0 N–H and O–H groups in total. The molecular weight excluding hydrogens is 483 g/mol. The molecule has 0 amide bonds. The number of halogens is 13. The molecule has 1 fully saturated rings. The average molecular weight is 494 g/mol. The molecule has 2 rings (SSSR count). The number of esters is 1. The van der Waals surface area contributed by atoms with Gasteiger partial charge in [-0.3, -0.25) is 4.79 Å². The predicted molar refractivity (Wildman–Crippen MR) is 78.8 cm³/mol. The van der Waals surface area contributed by atoms with Crippen molar-refractivity contribution in [1.82, 2.24) is 0 Å². The molecule has 1 aromatic carbocycles. The summed E-state index contributed by atoms with van der Waals surface area (Å²) in [6.07, 6.45) is -12.1. The minimum atomic E-state index is -7.96. The molecule has 0 bridgehead atoms. The summed E-state index contributed by atoms with van der Waals surface area (Å²) in [5.74, 6) is -41.2. The Hall–Kier alpha value is -2.22. The number of cyclic esters (lactones) is 1. The van der Waals surface area contributed by atoms with Crippen LogP contribution in [0.2, 0.25) is 0 Å². The van der Waals surface area contributed by atoms with Crippen molar-refractivity contribution in [2.75, 3.05) is 0 Å². The predicted octanol–water partition coefficient (Wildman–Crippen LogP) is 6.42. The lowest BCUT2D eigenvalue weighted by Crippen LogP contribution is -2.70. The van der Waals surface area contributed by atoms with E-state index in [1.807, 2.05) is 0 Å². The molecule has 32 heavy (non-hydrogen) atoms. The molecule has 182 valence electrons. The number of carbonyl (C=O) groups is 1. The van der Waals surface area contributed by atoms with Gasteiger partial charge in [-0.05, 0) is 5.56 Å². The summed E-state index contributed by atoms with van der Waals surface area (Å²) in [6, 6.07) is 6.94. The van der Waals surface area contributed by atoms with Crippen molar-refractivity contribution in [2.45, 2.75) is 54.7 Å². The van der Waals surface area contributed by atoms with Crippen LogP contribution in [0.15, 0.2) is 30.3 Å². The second-order valence-corrected chi connectivity index (χ2v) is 6.97. The third kappa shape index (κ3) is 3.87. The standard InChI is InChI=1S/C17H11F13O2/c18-12(19,7-9-6-10(32-11(9)31)8-4-2-1-3-5-8)13(20,21)14(22,23)15(24,25)16(26,27)17(28,29)30/h1-5,9-10H,6-7H2/t9-,10+/m0/s1. The quantitative estimate of drug-likeness (QED) is 0.323. The summed E-state index contributed by atoms with van der Waals surface area (Å²) >= 11 is 0. The monoisotopic (exact) mass is 494 g/mol. The maximum atomic E-state index is 14.0. The zero-order chi connectivity index (χ0) is 25.0. The van der Waals surface area contributed by atoms with Gasteiger partial charge in [0.2, 0.25) is 0 Å². The minimum Gasteiger partial charge on any atom is -0.457 e. The fraction of sp³-hybridized carbons (Fsp3) is 0.588. The van der Waals surface area contributed by atoms with E-state index in [1.165, 1.54) is 30.3 Å². The Labute approximate surface area is 170 Å². The van der Waals surface area contributed by atoms with Gasteiger partial charge in [-0.25, -0.2) is 0 Å². The van der Waals surface area contributed by atoms with E-state index in [0.29, 0.717) is 0 Å². The fourth-order valence-corrected chi connectivity index (χ4v) is 2.92. The molecule has 1 aliphatic rings. The van der Waals surface area contributed by atoms with Crippen LogP contribution in [0.1, 0.15) is 24.5 Å². The van der Waals surface area contributed by atoms with Gasteiger partial charge in [-0.1, -0.05) is 30.3 Å². The van der Waals surface area contributed by atoms with Crippen LogP contribution in [-0.2, 0) is 9.53 Å². The van der Waals surface area contributed by atoms with Crippen LogP contribution in [0.4, 0.5) is 57.1 Å². The second kappa shape index (κ2) is 7.68. The van der Waals surface area contributed by atoms with Gasteiger partial charge in [0.15, 0.2) is 0 Å². The molecule has 1 saturated heterocycles. The molecule has 0 radical (unpaired) electrons. The molecule has 2 nitrogen and oxygen atoms in total. The van der Waals surface area contributed by atoms with Crippen LogP contribution in [0.5, 0.6) is 0 Å². The van der Waals surface area contributed by atoms with E-state index >= 15 is 0 Å². The first-order valence-electron chi connectivity index (χ1n) is 8.42. The van der Waals surface area contributed by atoms with Gasteiger partial charge in [0.05, 0.1) is 5.92 Å². The van der Waals surface area contributed by atoms with Crippen molar-refractivity contribution < 1.29 is 66.6 Å². The number of rotatable bonds is 7. The van der Waals surface area contributed by atoms with Crippen molar-refractivity contribution in [3.63, 3.8) is 0 Å². The van der Waals surface area contributed by atoms with Crippen LogP contribution in [0, 0.1) is 5.92 Å². The summed E-state index contributed by atoms with van der Waals surface area (Å²) in [5, 5.41) is 0. The largest absolute Gasteiger partial charge is 0.460 e. The second-order valence-electron chi connectivity index (χ2n) is 6.97. The fourth-order valence-electron chi connectivity index (χ4n) is 2.92. The molecule has 1 aromatic rings. The lowest BCUT2D eigenvalue weighted by molar-refractivity contribution is -0.440. The lowest BCUT2D eigenvalue weighted by Gasteiger charge is -2.40. The molecule has 0 unspecified atom stereocenters. The Morgan fingerprint density at radius 3 is 1.66 bits per heavy atom. The van der Waals surface area contributed by atoms with E-state index in [-0.39, 0.29) is 5.56 Å². The Morgan fingerprint density at radius 2 is 1.19 bits per heavy atom. The molecule has 0 spiro atoms. The van der Waals surface area contributed by atoms with E-state index in [2.05, 4.69) is 4.74 Å². The summed E-state index contributed by atoms with van der Waals surface area (Å²) < 4.78 is 176. The van der Waals surface area contributed by atoms with Crippen LogP contribution in [-0.4, -0.2) is 41.8 Å². The Morgan fingerprint density at radius 1 is 0.719 bits per heavy atom. The number of benzene rings is 1. The molecule has 2 atom stereocenters. The van der Waals surface area contributed by atoms with Crippen molar-refractivity contribution in [1.29, 1.82) is 0 Å². The van der Waals surface area contributed by atoms with E-state index < -0.39 is 66.6 Å². The van der Waals surface area contributed by atoms with Gasteiger partial charge in [-0.2, -0.15) is 57.1 Å². The van der Waals surface area contributed by atoms with Crippen LogP contribution >= 0.6 is 0 Å². The first-order chi connectivity index (χ1) is 14.2. The Balaban J connectivity index is 2.33.